The van der Waals surface area contributed by atoms with Gasteiger partial charge < -0.3 is 9.73 Å². The first kappa shape index (κ1) is 14.1. The molecule has 1 aromatic heterocycles. The van der Waals surface area contributed by atoms with Crippen molar-refractivity contribution in [1.82, 2.24) is 10.0 Å². The van der Waals surface area contributed by atoms with E-state index in [4.69, 9.17) is 4.42 Å². The van der Waals surface area contributed by atoms with Gasteiger partial charge in [-0.1, -0.05) is 0 Å². The Bertz CT molecular complexity index is 574. The molecule has 0 aromatic carbocycles. The van der Waals surface area contributed by atoms with E-state index in [0.29, 0.717) is 29.9 Å². The van der Waals surface area contributed by atoms with Crippen molar-refractivity contribution >= 4 is 10.0 Å². The van der Waals surface area contributed by atoms with Crippen molar-refractivity contribution in [3.8, 4) is 0 Å². The Morgan fingerprint density at radius 3 is 2.40 bits per heavy atom. The minimum absolute atomic E-state index is 0.127. The fraction of sp³-hybridized carbons (Fsp3) is 0.714. The van der Waals surface area contributed by atoms with Crippen molar-refractivity contribution in [3.63, 3.8) is 0 Å². The smallest absolute Gasteiger partial charge is 0.244 e. The van der Waals surface area contributed by atoms with E-state index in [1.807, 2.05) is 0 Å². The van der Waals surface area contributed by atoms with Crippen LogP contribution in [0, 0.1) is 18.8 Å². The van der Waals surface area contributed by atoms with Crippen LogP contribution in [-0.2, 0) is 16.6 Å². The van der Waals surface area contributed by atoms with Gasteiger partial charge in [-0.05, 0) is 51.5 Å². The summed E-state index contributed by atoms with van der Waals surface area (Å²) in [5.41, 5.74) is 0. The number of hydrogen-bond donors (Lipinski definition) is 2. The molecule has 1 heterocycles. The molecule has 6 heteroatoms. The van der Waals surface area contributed by atoms with E-state index in [1.54, 1.807) is 20.0 Å². The van der Waals surface area contributed by atoms with Crippen LogP contribution in [-0.4, -0.2) is 21.5 Å². The zero-order valence-corrected chi connectivity index (χ0v) is 12.8. The SMILES string of the molecule is CNCc1cc(S(=O)(=O)NC(C2CC2)C2CC2)c(C)o1. The minimum Gasteiger partial charge on any atom is -0.464 e. The molecule has 3 rings (SSSR count). The quantitative estimate of drug-likeness (QED) is 0.805. The number of hydrogen-bond acceptors (Lipinski definition) is 4. The molecular weight excluding hydrogens is 276 g/mol. The minimum atomic E-state index is -3.47. The van der Waals surface area contributed by atoms with Gasteiger partial charge in [-0.3, -0.25) is 0 Å². The van der Waals surface area contributed by atoms with Gasteiger partial charge in [0.25, 0.3) is 0 Å². The van der Waals surface area contributed by atoms with Crippen LogP contribution in [0.3, 0.4) is 0 Å². The van der Waals surface area contributed by atoms with Gasteiger partial charge in [0, 0.05) is 12.1 Å². The van der Waals surface area contributed by atoms with Gasteiger partial charge in [-0.25, -0.2) is 13.1 Å². The molecule has 0 atom stereocenters. The summed E-state index contributed by atoms with van der Waals surface area (Å²) in [6.45, 7) is 2.24. The summed E-state index contributed by atoms with van der Waals surface area (Å²) in [5.74, 6) is 2.20. The third-order valence-electron chi connectivity index (χ3n) is 4.11. The summed E-state index contributed by atoms with van der Waals surface area (Å²) in [7, 11) is -1.66. The largest absolute Gasteiger partial charge is 0.464 e. The van der Waals surface area contributed by atoms with E-state index >= 15 is 0 Å². The summed E-state index contributed by atoms with van der Waals surface area (Å²) in [5, 5.41) is 2.96. The molecule has 0 radical (unpaired) electrons. The van der Waals surface area contributed by atoms with Crippen molar-refractivity contribution in [2.24, 2.45) is 11.8 Å². The Hall–Kier alpha value is -0.850. The van der Waals surface area contributed by atoms with Gasteiger partial charge in [0.05, 0.1) is 6.54 Å². The maximum atomic E-state index is 12.6. The van der Waals surface area contributed by atoms with Gasteiger partial charge in [0.2, 0.25) is 10.0 Å². The Morgan fingerprint density at radius 2 is 1.90 bits per heavy atom. The molecule has 2 N–H and O–H groups in total. The summed E-state index contributed by atoms with van der Waals surface area (Å²) in [6, 6.07) is 1.76. The Morgan fingerprint density at radius 1 is 1.30 bits per heavy atom. The molecular formula is C14H22N2O3S. The molecule has 0 aliphatic heterocycles. The van der Waals surface area contributed by atoms with Gasteiger partial charge in [0.15, 0.2) is 0 Å². The highest BCUT2D eigenvalue weighted by atomic mass is 32.2. The van der Waals surface area contributed by atoms with Gasteiger partial charge in [-0.15, -0.1) is 0 Å². The monoisotopic (exact) mass is 298 g/mol. The second kappa shape index (κ2) is 5.16. The standard InChI is InChI=1S/C14H22N2O3S/c1-9-13(7-12(19-9)8-15-2)20(17,18)16-14(10-3-4-10)11-5-6-11/h7,10-11,14-16H,3-6,8H2,1-2H3. The van der Waals surface area contributed by atoms with Crippen LogP contribution >= 0.6 is 0 Å². The molecule has 0 amide bonds. The van der Waals surface area contributed by atoms with Crippen molar-refractivity contribution in [2.75, 3.05) is 7.05 Å². The molecule has 0 saturated heterocycles. The van der Waals surface area contributed by atoms with E-state index < -0.39 is 10.0 Å². The average molecular weight is 298 g/mol. The zero-order valence-electron chi connectivity index (χ0n) is 12.0. The maximum absolute atomic E-state index is 12.6. The fourth-order valence-corrected chi connectivity index (χ4v) is 4.36. The van der Waals surface area contributed by atoms with Crippen molar-refractivity contribution in [2.45, 2.75) is 50.1 Å². The predicted molar refractivity (Wildman–Crippen MR) is 75.8 cm³/mol. The number of sulfonamides is 1. The number of furan rings is 1. The normalized spacial score (nSPS) is 19.8. The first-order chi connectivity index (χ1) is 9.51. The number of rotatable bonds is 7. The first-order valence-corrected chi connectivity index (χ1v) is 8.76. The summed E-state index contributed by atoms with van der Waals surface area (Å²) < 4.78 is 33.5. The first-order valence-electron chi connectivity index (χ1n) is 7.27. The van der Waals surface area contributed by atoms with Crippen molar-refractivity contribution < 1.29 is 12.8 Å². The fourth-order valence-electron chi connectivity index (χ4n) is 2.78. The molecule has 2 fully saturated rings. The van der Waals surface area contributed by atoms with Gasteiger partial charge in [0.1, 0.15) is 16.4 Å². The van der Waals surface area contributed by atoms with Gasteiger partial charge in [-0.2, -0.15) is 0 Å². The Balaban J connectivity index is 1.79. The summed E-state index contributed by atoms with van der Waals surface area (Å²) >= 11 is 0. The molecule has 2 aliphatic rings. The molecule has 0 unspecified atom stereocenters. The zero-order chi connectivity index (χ0) is 14.3. The van der Waals surface area contributed by atoms with Crippen LogP contribution in [0.1, 0.15) is 37.2 Å². The highest BCUT2D eigenvalue weighted by Crippen LogP contribution is 2.45. The van der Waals surface area contributed by atoms with E-state index in [1.165, 1.54) is 0 Å². The Labute approximate surface area is 120 Å². The number of aryl methyl sites for hydroxylation is 1. The summed E-state index contributed by atoms with van der Waals surface area (Å²) in [6.07, 6.45) is 4.61. The predicted octanol–water partition coefficient (Wildman–Crippen LogP) is 1.77. The molecule has 2 saturated carbocycles. The lowest BCUT2D eigenvalue weighted by atomic mass is 10.1. The lowest BCUT2D eigenvalue weighted by molar-refractivity contribution is 0.459. The van der Waals surface area contributed by atoms with Crippen molar-refractivity contribution in [1.29, 1.82) is 0 Å². The molecule has 1 aromatic rings. The van der Waals surface area contributed by atoms with Crippen LogP contribution in [0.15, 0.2) is 15.4 Å². The van der Waals surface area contributed by atoms with E-state index in [9.17, 15) is 8.42 Å². The lowest BCUT2D eigenvalue weighted by Gasteiger charge is -2.17. The average Bonchev–Trinajstić information content (AvgIpc) is 3.25. The van der Waals surface area contributed by atoms with Gasteiger partial charge >= 0.3 is 0 Å². The van der Waals surface area contributed by atoms with Crippen LogP contribution < -0.4 is 10.0 Å². The van der Waals surface area contributed by atoms with Crippen molar-refractivity contribution in [3.05, 3.63) is 17.6 Å². The third-order valence-corrected chi connectivity index (χ3v) is 5.68. The van der Waals surface area contributed by atoms with Crippen LogP contribution in [0.4, 0.5) is 0 Å². The highest BCUT2D eigenvalue weighted by Gasteiger charge is 2.43. The van der Waals surface area contributed by atoms with E-state index in [0.717, 1.165) is 25.7 Å². The highest BCUT2D eigenvalue weighted by molar-refractivity contribution is 7.89. The lowest BCUT2D eigenvalue weighted by Crippen LogP contribution is -2.38. The summed E-state index contributed by atoms with van der Waals surface area (Å²) in [4.78, 5) is 0.286. The molecule has 0 bridgehead atoms. The second-order valence-corrected chi connectivity index (χ2v) is 7.67. The van der Waals surface area contributed by atoms with Crippen LogP contribution in [0.2, 0.25) is 0 Å². The molecule has 2 aliphatic carbocycles. The Kier molecular flexibility index (Phi) is 3.64. The molecule has 20 heavy (non-hydrogen) atoms. The third kappa shape index (κ3) is 2.92. The van der Waals surface area contributed by atoms with E-state index in [2.05, 4.69) is 10.0 Å². The van der Waals surface area contributed by atoms with E-state index in [-0.39, 0.29) is 10.9 Å². The molecule has 0 spiro atoms. The second-order valence-electron chi connectivity index (χ2n) is 5.99. The van der Waals surface area contributed by atoms with Crippen LogP contribution in [0.25, 0.3) is 0 Å². The topological polar surface area (TPSA) is 71.3 Å². The molecule has 112 valence electrons. The molecule has 5 nitrogen and oxygen atoms in total. The maximum Gasteiger partial charge on any atom is 0.244 e. The number of nitrogens with one attached hydrogen (secondary N) is 2. The van der Waals surface area contributed by atoms with Crippen LogP contribution in [0.5, 0.6) is 0 Å².